The number of esters is 1. The molecule has 0 unspecified atom stereocenters. The van der Waals surface area contributed by atoms with Gasteiger partial charge >= 0.3 is 5.97 Å². The molecular formula is C13H16FNO2. The normalized spacial score (nSPS) is 16.8. The van der Waals surface area contributed by atoms with Gasteiger partial charge in [0.2, 0.25) is 0 Å². The highest BCUT2D eigenvalue weighted by Crippen LogP contribution is 2.22. The number of halogens is 1. The third-order valence-corrected chi connectivity index (χ3v) is 3.06. The first kappa shape index (κ1) is 11.9. The quantitative estimate of drug-likeness (QED) is 0.635. The molecule has 0 heterocycles. The maximum absolute atomic E-state index is 12.8. The van der Waals surface area contributed by atoms with Crippen LogP contribution in [0.25, 0.3) is 0 Å². The Labute approximate surface area is 99.8 Å². The van der Waals surface area contributed by atoms with Crippen molar-refractivity contribution in [1.82, 2.24) is 0 Å². The van der Waals surface area contributed by atoms with Crippen molar-refractivity contribution in [3.63, 3.8) is 0 Å². The molecule has 3 nitrogen and oxygen atoms in total. The Hall–Kier alpha value is -1.58. The lowest BCUT2D eigenvalue weighted by molar-refractivity contribution is 0.0212. The zero-order chi connectivity index (χ0) is 12.3. The zero-order valence-corrected chi connectivity index (χ0v) is 9.62. The average molecular weight is 237 g/mol. The standard InChI is InChI=1S/C13H16FNO2/c14-9-6-7-11(12(15)8-9)13(16)17-10-4-2-1-3-5-10/h6-8,10H,1-5,15H2. The van der Waals surface area contributed by atoms with Crippen LogP contribution >= 0.6 is 0 Å². The van der Waals surface area contributed by atoms with Crippen LogP contribution in [0.5, 0.6) is 0 Å². The maximum Gasteiger partial charge on any atom is 0.340 e. The molecule has 2 N–H and O–H groups in total. The fourth-order valence-electron chi connectivity index (χ4n) is 2.12. The minimum Gasteiger partial charge on any atom is -0.459 e. The Balaban J connectivity index is 2.03. The van der Waals surface area contributed by atoms with E-state index in [-0.39, 0.29) is 17.4 Å². The predicted octanol–water partition coefficient (Wildman–Crippen LogP) is 2.90. The van der Waals surface area contributed by atoms with E-state index >= 15 is 0 Å². The Bertz CT molecular complexity index is 414. The van der Waals surface area contributed by atoms with E-state index in [9.17, 15) is 9.18 Å². The highest BCUT2D eigenvalue weighted by molar-refractivity contribution is 5.95. The van der Waals surface area contributed by atoms with Crippen LogP contribution in [-0.4, -0.2) is 12.1 Å². The molecule has 0 atom stereocenters. The summed E-state index contributed by atoms with van der Waals surface area (Å²) in [6, 6.07) is 3.72. The van der Waals surface area contributed by atoms with Gasteiger partial charge in [0, 0.05) is 5.69 Å². The lowest BCUT2D eigenvalue weighted by Crippen LogP contribution is -2.21. The van der Waals surface area contributed by atoms with E-state index in [1.54, 1.807) is 0 Å². The molecule has 1 saturated carbocycles. The third-order valence-electron chi connectivity index (χ3n) is 3.06. The lowest BCUT2D eigenvalue weighted by Gasteiger charge is -2.22. The number of hydrogen-bond acceptors (Lipinski definition) is 3. The van der Waals surface area contributed by atoms with Crippen LogP contribution in [0.3, 0.4) is 0 Å². The molecule has 0 saturated heterocycles. The minimum absolute atomic E-state index is 0.0132. The first-order valence-electron chi connectivity index (χ1n) is 5.93. The highest BCUT2D eigenvalue weighted by Gasteiger charge is 2.20. The molecule has 1 fully saturated rings. The smallest absolute Gasteiger partial charge is 0.340 e. The van der Waals surface area contributed by atoms with Crippen molar-refractivity contribution < 1.29 is 13.9 Å². The van der Waals surface area contributed by atoms with Crippen molar-refractivity contribution in [3.8, 4) is 0 Å². The van der Waals surface area contributed by atoms with Gasteiger partial charge in [0.25, 0.3) is 0 Å². The van der Waals surface area contributed by atoms with Gasteiger partial charge in [0.05, 0.1) is 5.56 Å². The summed E-state index contributed by atoms with van der Waals surface area (Å²) in [5.41, 5.74) is 5.96. The van der Waals surface area contributed by atoms with Crippen LogP contribution in [-0.2, 0) is 4.74 Å². The van der Waals surface area contributed by atoms with E-state index in [0.717, 1.165) is 31.7 Å². The molecule has 4 heteroatoms. The van der Waals surface area contributed by atoms with Crippen molar-refractivity contribution in [2.75, 3.05) is 5.73 Å². The van der Waals surface area contributed by atoms with Gasteiger partial charge in [0.15, 0.2) is 0 Å². The number of nitrogens with two attached hydrogens (primary N) is 1. The first-order chi connectivity index (χ1) is 8.16. The van der Waals surface area contributed by atoms with Gasteiger partial charge in [-0.3, -0.25) is 0 Å². The van der Waals surface area contributed by atoms with Crippen LogP contribution in [0.1, 0.15) is 42.5 Å². The predicted molar refractivity (Wildman–Crippen MR) is 63.1 cm³/mol. The maximum atomic E-state index is 12.8. The summed E-state index contributed by atoms with van der Waals surface area (Å²) in [5, 5.41) is 0. The first-order valence-corrected chi connectivity index (χ1v) is 5.93. The second-order valence-corrected chi connectivity index (χ2v) is 4.40. The molecule has 0 radical (unpaired) electrons. The molecule has 1 aromatic carbocycles. The fraction of sp³-hybridized carbons (Fsp3) is 0.462. The molecule has 0 amide bonds. The van der Waals surface area contributed by atoms with Crippen molar-refractivity contribution in [2.45, 2.75) is 38.2 Å². The highest BCUT2D eigenvalue weighted by atomic mass is 19.1. The summed E-state index contributed by atoms with van der Waals surface area (Å²) in [6.07, 6.45) is 5.20. The van der Waals surface area contributed by atoms with Crippen LogP contribution in [0.4, 0.5) is 10.1 Å². The summed E-state index contributed by atoms with van der Waals surface area (Å²) in [7, 11) is 0. The van der Waals surface area contributed by atoms with Gasteiger partial charge in [-0.2, -0.15) is 0 Å². The zero-order valence-electron chi connectivity index (χ0n) is 9.62. The van der Waals surface area contributed by atoms with Gasteiger partial charge in [-0.25, -0.2) is 9.18 Å². The molecule has 0 aliphatic heterocycles. The molecule has 0 bridgehead atoms. The summed E-state index contributed by atoms with van der Waals surface area (Å²) in [6.45, 7) is 0. The summed E-state index contributed by atoms with van der Waals surface area (Å²) >= 11 is 0. The van der Waals surface area contributed by atoms with Crippen molar-refractivity contribution in [2.24, 2.45) is 0 Å². The van der Waals surface area contributed by atoms with Gasteiger partial charge in [-0.15, -0.1) is 0 Å². The van der Waals surface area contributed by atoms with Crippen LogP contribution in [0.2, 0.25) is 0 Å². The van der Waals surface area contributed by atoms with E-state index in [1.807, 2.05) is 0 Å². The third kappa shape index (κ3) is 2.96. The number of hydrogen-bond donors (Lipinski definition) is 1. The molecule has 0 spiro atoms. The van der Waals surface area contributed by atoms with Crippen LogP contribution in [0, 0.1) is 5.82 Å². The fourth-order valence-corrected chi connectivity index (χ4v) is 2.12. The van der Waals surface area contributed by atoms with E-state index in [4.69, 9.17) is 10.5 Å². The SMILES string of the molecule is Nc1cc(F)ccc1C(=O)OC1CCCCC1. The summed E-state index contributed by atoms with van der Waals surface area (Å²) in [5.74, 6) is -0.897. The number of anilines is 1. The average Bonchev–Trinajstić information content (AvgIpc) is 2.30. The Morgan fingerprint density at radius 2 is 2.00 bits per heavy atom. The molecule has 0 aromatic heterocycles. The monoisotopic (exact) mass is 237 g/mol. The molecule has 2 rings (SSSR count). The molecule has 1 aliphatic carbocycles. The van der Waals surface area contributed by atoms with Crippen molar-refractivity contribution in [1.29, 1.82) is 0 Å². The molecular weight excluding hydrogens is 221 g/mol. The minimum atomic E-state index is -0.450. The second-order valence-electron chi connectivity index (χ2n) is 4.40. The van der Waals surface area contributed by atoms with E-state index in [0.29, 0.717) is 0 Å². The van der Waals surface area contributed by atoms with Gasteiger partial charge < -0.3 is 10.5 Å². The molecule has 1 aromatic rings. The number of benzene rings is 1. The number of ether oxygens (including phenoxy) is 1. The molecule has 17 heavy (non-hydrogen) atoms. The van der Waals surface area contributed by atoms with Gasteiger partial charge in [-0.05, 0) is 43.9 Å². The number of carbonyl (C=O) groups excluding carboxylic acids is 1. The number of carbonyl (C=O) groups is 1. The number of nitrogen functional groups attached to an aromatic ring is 1. The van der Waals surface area contributed by atoms with Crippen molar-refractivity contribution >= 4 is 11.7 Å². The number of rotatable bonds is 2. The van der Waals surface area contributed by atoms with E-state index in [1.165, 1.54) is 18.6 Å². The Morgan fingerprint density at radius 3 is 2.65 bits per heavy atom. The second kappa shape index (κ2) is 5.17. The Morgan fingerprint density at radius 1 is 1.29 bits per heavy atom. The Kier molecular flexibility index (Phi) is 3.61. The largest absolute Gasteiger partial charge is 0.459 e. The lowest BCUT2D eigenvalue weighted by atomic mass is 9.98. The van der Waals surface area contributed by atoms with E-state index < -0.39 is 11.8 Å². The van der Waals surface area contributed by atoms with Gasteiger partial charge in [0.1, 0.15) is 11.9 Å². The molecule has 1 aliphatic rings. The van der Waals surface area contributed by atoms with E-state index in [2.05, 4.69) is 0 Å². The molecule has 92 valence electrons. The van der Waals surface area contributed by atoms with Crippen LogP contribution < -0.4 is 5.73 Å². The topological polar surface area (TPSA) is 52.3 Å². The van der Waals surface area contributed by atoms with Crippen molar-refractivity contribution in [3.05, 3.63) is 29.6 Å². The summed E-state index contributed by atoms with van der Waals surface area (Å²) in [4.78, 5) is 11.8. The van der Waals surface area contributed by atoms with Gasteiger partial charge in [-0.1, -0.05) is 6.42 Å². The van der Waals surface area contributed by atoms with Crippen LogP contribution in [0.15, 0.2) is 18.2 Å². The summed E-state index contributed by atoms with van der Waals surface area (Å²) < 4.78 is 18.2.